The summed E-state index contributed by atoms with van der Waals surface area (Å²) < 4.78 is 48.0. The Hall–Kier alpha value is -3.37. The molecule has 30 heavy (non-hydrogen) atoms. The van der Waals surface area contributed by atoms with Crippen molar-refractivity contribution < 1.29 is 22.7 Å². The molecule has 0 saturated carbocycles. The number of hydrogen-bond donors (Lipinski definition) is 0. The molecular formula is C19H19F3N6O2. The SMILES string of the molecule is CCOC(=O)c1nc(C(F)(F)F)n2c1CN(c1ccc(-c3nccn3C)cn1)CC2. The molecule has 11 heteroatoms. The van der Waals surface area contributed by atoms with Crippen molar-refractivity contribution in [2.45, 2.75) is 26.2 Å². The molecule has 0 fully saturated rings. The van der Waals surface area contributed by atoms with Gasteiger partial charge in [-0.2, -0.15) is 13.2 Å². The number of aromatic nitrogens is 5. The van der Waals surface area contributed by atoms with Crippen LogP contribution >= 0.6 is 0 Å². The monoisotopic (exact) mass is 420 g/mol. The Morgan fingerprint density at radius 1 is 1.23 bits per heavy atom. The van der Waals surface area contributed by atoms with Gasteiger partial charge in [0.1, 0.15) is 11.6 Å². The van der Waals surface area contributed by atoms with Crippen LogP contribution in [0.15, 0.2) is 30.7 Å². The van der Waals surface area contributed by atoms with Crippen molar-refractivity contribution in [1.82, 2.24) is 24.1 Å². The maximum absolute atomic E-state index is 13.4. The number of nitrogens with zero attached hydrogens (tertiary/aromatic N) is 6. The number of halogens is 3. The van der Waals surface area contributed by atoms with Crippen LogP contribution in [0.2, 0.25) is 0 Å². The second-order valence-corrected chi connectivity index (χ2v) is 6.79. The average molecular weight is 420 g/mol. The summed E-state index contributed by atoms with van der Waals surface area (Å²) in [5.74, 6) is -0.607. The fraction of sp³-hybridized carbons (Fsp3) is 0.368. The largest absolute Gasteiger partial charge is 0.461 e. The predicted molar refractivity (Wildman–Crippen MR) is 101 cm³/mol. The van der Waals surface area contributed by atoms with Gasteiger partial charge in [0.2, 0.25) is 5.82 Å². The standard InChI is InChI=1S/C19H19F3N6O2/c1-3-30-17(29)15-13-11-27(8-9-28(13)18(25-15)19(20,21)22)14-5-4-12(10-24-14)16-23-6-7-26(16)2/h4-7,10H,3,8-9,11H2,1-2H3. The van der Waals surface area contributed by atoms with Crippen molar-refractivity contribution in [2.24, 2.45) is 7.05 Å². The lowest BCUT2D eigenvalue weighted by Gasteiger charge is -2.30. The molecule has 3 aromatic heterocycles. The maximum Gasteiger partial charge on any atom is 0.449 e. The van der Waals surface area contributed by atoms with Gasteiger partial charge in [-0.3, -0.25) is 0 Å². The molecule has 0 amide bonds. The summed E-state index contributed by atoms with van der Waals surface area (Å²) in [5, 5.41) is 0. The molecule has 4 heterocycles. The zero-order valence-corrected chi connectivity index (χ0v) is 16.3. The lowest BCUT2D eigenvalue weighted by atomic mass is 10.2. The third-order valence-corrected chi connectivity index (χ3v) is 4.88. The minimum atomic E-state index is -4.66. The molecule has 0 N–H and O–H groups in total. The summed E-state index contributed by atoms with van der Waals surface area (Å²) in [5.41, 5.74) is 0.681. The van der Waals surface area contributed by atoms with Crippen LogP contribution in [-0.2, 0) is 31.1 Å². The van der Waals surface area contributed by atoms with E-state index < -0.39 is 18.0 Å². The Labute approximate surface area is 169 Å². The Morgan fingerprint density at radius 2 is 2.03 bits per heavy atom. The van der Waals surface area contributed by atoms with E-state index in [2.05, 4.69) is 15.0 Å². The van der Waals surface area contributed by atoms with Crippen molar-refractivity contribution in [3.8, 4) is 11.4 Å². The molecule has 0 saturated heterocycles. The first-order chi connectivity index (χ1) is 14.3. The van der Waals surface area contributed by atoms with Gasteiger partial charge in [0, 0.05) is 44.3 Å². The molecule has 0 atom stereocenters. The first-order valence-corrected chi connectivity index (χ1v) is 9.32. The molecule has 3 aromatic rings. The maximum atomic E-state index is 13.4. The van der Waals surface area contributed by atoms with Crippen LogP contribution in [0, 0.1) is 0 Å². The normalized spacial score (nSPS) is 14.0. The van der Waals surface area contributed by atoms with Gasteiger partial charge in [-0.05, 0) is 19.1 Å². The molecule has 4 rings (SSSR count). The third kappa shape index (κ3) is 3.51. The van der Waals surface area contributed by atoms with Crippen LogP contribution in [0.3, 0.4) is 0 Å². The number of rotatable bonds is 4. The van der Waals surface area contributed by atoms with Crippen LogP contribution < -0.4 is 4.90 Å². The number of pyridine rings is 1. The second-order valence-electron chi connectivity index (χ2n) is 6.79. The molecule has 0 aromatic carbocycles. The molecule has 1 aliphatic heterocycles. The Kier molecular flexibility index (Phi) is 4.96. The van der Waals surface area contributed by atoms with Crippen LogP contribution in [0.4, 0.5) is 19.0 Å². The number of carbonyl (C=O) groups is 1. The lowest BCUT2D eigenvalue weighted by molar-refractivity contribution is -0.147. The van der Waals surface area contributed by atoms with E-state index in [4.69, 9.17) is 4.74 Å². The topological polar surface area (TPSA) is 78.1 Å². The zero-order chi connectivity index (χ0) is 21.5. The van der Waals surface area contributed by atoms with Crippen LogP contribution in [0.5, 0.6) is 0 Å². The van der Waals surface area contributed by atoms with Gasteiger partial charge < -0.3 is 18.8 Å². The highest BCUT2D eigenvalue weighted by Gasteiger charge is 2.41. The molecule has 0 radical (unpaired) electrons. The minimum absolute atomic E-state index is 0.0272. The van der Waals surface area contributed by atoms with E-state index in [9.17, 15) is 18.0 Å². The minimum Gasteiger partial charge on any atom is -0.461 e. The fourth-order valence-electron chi connectivity index (χ4n) is 3.49. The van der Waals surface area contributed by atoms with E-state index in [1.807, 2.05) is 28.8 Å². The third-order valence-electron chi connectivity index (χ3n) is 4.88. The fourth-order valence-corrected chi connectivity index (χ4v) is 3.49. The van der Waals surface area contributed by atoms with Gasteiger partial charge in [0.25, 0.3) is 0 Å². The highest BCUT2D eigenvalue weighted by molar-refractivity contribution is 5.89. The van der Waals surface area contributed by atoms with E-state index >= 15 is 0 Å². The van der Waals surface area contributed by atoms with Gasteiger partial charge >= 0.3 is 12.1 Å². The van der Waals surface area contributed by atoms with Gasteiger partial charge in [-0.1, -0.05) is 0 Å². The van der Waals surface area contributed by atoms with E-state index in [1.54, 1.807) is 25.4 Å². The number of alkyl halides is 3. The summed E-state index contributed by atoms with van der Waals surface area (Å²) >= 11 is 0. The summed E-state index contributed by atoms with van der Waals surface area (Å²) in [6.45, 7) is 2.02. The molecule has 1 aliphatic rings. The van der Waals surface area contributed by atoms with E-state index in [0.717, 1.165) is 16.0 Å². The number of imidazole rings is 2. The zero-order valence-electron chi connectivity index (χ0n) is 16.3. The average Bonchev–Trinajstić information content (AvgIpc) is 3.31. The summed E-state index contributed by atoms with van der Waals surface area (Å²) in [6.07, 6.45) is 0.509. The van der Waals surface area contributed by atoms with Gasteiger partial charge in [-0.15, -0.1) is 0 Å². The van der Waals surface area contributed by atoms with Gasteiger partial charge in [-0.25, -0.2) is 19.7 Å². The Balaban J connectivity index is 1.65. The molecule has 8 nitrogen and oxygen atoms in total. The number of esters is 1. The van der Waals surface area contributed by atoms with Crippen LogP contribution in [0.25, 0.3) is 11.4 Å². The van der Waals surface area contributed by atoms with Crippen molar-refractivity contribution in [3.63, 3.8) is 0 Å². The van der Waals surface area contributed by atoms with E-state index in [1.165, 1.54) is 0 Å². The summed E-state index contributed by atoms with van der Waals surface area (Å²) in [6, 6.07) is 3.63. The number of anilines is 1. The number of fused-ring (bicyclic) bond motifs is 1. The number of aryl methyl sites for hydroxylation is 1. The van der Waals surface area contributed by atoms with Gasteiger partial charge in [0.05, 0.1) is 18.8 Å². The van der Waals surface area contributed by atoms with Crippen LogP contribution in [0.1, 0.15) is 28.9 Å². The molecule has 0 aliphatic carbocycles. The van der Waals surface area contributed by atoms with Crippen molar-refractivity contribution in [2.75, 3.05) is 18.1 Å². The Bertz CT molecular complexity index is 1070. The van der Waals surface area contributed by atoms with Crippen molar-refractivity contribution in [3.05, 3.63) is 47.9 Å². The molecule has 0 spiro atoms. The quantitative estimate of drug-likeness (QED) is 0.604. The van der Waals surface area contributed by atoms with Crippen molar-refractivity contribution >= 4 is 11.8 Å². The molecular weight excluding hydrogens is 401 g/mol. The molecule has 0 unspecified atom stereocenters. The number of ether oxygens (including phenoxy) is 1. The number of hydrogen-bond acceptors (Lipinski definition) is 6. The molecule has 158 valence electrons. The lowest BCUT2D eigenvalue weighted by Crippen LogP contribution is -2.36. The Morgan fingerprint density at radius 3 is 2.63 bits per heavy atom. The second kappa shape index (κ2) is 7.47. The first-order valence-electron chi connectivity index (χ1n) is 9.32. The predicted octanol–water partition coefficient (Wildman–Crippen LogP) is 2.89. The van der Waals surface area contributed by atoms with E-state index in [-0.39, 0.29) is 31.1 Å². The highest BCUT2D eigenvalue weighted by Crippen LogP contribution is 2.33. The highest BCUT2D eigenvalue weighted by atomic mass is 19.4. The first kappa shape index (κ1) is 19.9. The number of carbonyl (C=O) groups excluding carboxylic acids is 1. The molecule has 0 bridgehead atoms. The van der Waals surface area contributed by atoms with Crippen molar-refractivity contribution in [1.29, 1.82) is 0 Å². The summed E-state index contributed by atoms with van der Waals surface area (Å²) in [4.78, 5) is 26.3. The van der Waals surface area contributed by atoms with E-state index in [0.29, 0.717) is 12.4 Å². The van der Waals surface area contributed by atoms with Crippen LogP contribution in [-0.4, -0.2) is 43.2 Å². The van der Waals surface area contributed by atoms with Gasteiger partial charge in [0.15, 0.2) is 5.69 Å². The summed E-state index contributed by atoms with van der Waals surface area (Å²) in [7, 11) is 1.87. The smallest absolute Gasteiger partial charge is 0.449 e.